The van der Waals surface area contributed by atoms with Crippen molar-refractivity contribution in [2.45, 2.75) is 64.5 Å². The summed E-state index contributed by atoms with van der Waals surface area (Å²) in [5.41, 5.74) is 1.38. The van der Waals surface area contributed by atoms with Gasteiger partial charge in [0.1, 0.15) is 0 Å². The number of aliphatic hydroxyl groups is 1. The zero-order valence-electron chi connectivity index (χ0n) is 12.4. The Morgan fingerprint density at radius 1 is 1.05 bits per heavy atom. The molecule has 0 saturated carbocycles. The molecule has 0 bridgehead atoms. The van der Waals surface area contributed by atoms with Crippen molar-refractivity contribution in [1.29, 1.82) is 0 Å². The number of aliphatic hydroxyl groups excluding tert-OH is 1. The van der Waals surface area contributed by atoms with Crippen LogP contribution in [0.5, 0.6) is 0 Å². The Morgan fingerprint density at radius 2 is 1.79 bits per heavy atom. The number of unbranched alkanes of at least 4 members (excludes halogenated alkanes) is 2. The average molecular weight is 263 g/mol. The van der Waals surface area contributed by atoms with E-state index in [1.54, 1.807) is 0 Å². The molecule has 2 heteroatoms. The van der Waals surface area contributed by atoms with Crippen LogP contribution < -0.4 is 5.32 Å². The Morgan fingerprint density at radius 3 is 2.42 bits per heavy atom. The number of hydrogen-bond donors (Lipinski definition) is 2. The SMILES string of the molecule is CCCCCC(NCCCC(C)O)c1ccccc1. The highest BCUT2D eigenvalue weighted by Gasteiger charge is 2.09. The van der Waals surface area contributed by atoms with Gasteiger partial charge in [-0.1, -0.05) is 56.5 Å². The molecule has 0 amide bonds. The normalized spacial score (nSPS) is 14.3. The van der Waals surface area contributed by atoms with Gasteiger partial charge in [0, 0.05) is 6.04 Å². The Balaban J connectivity index is 2.41. The van der Waals surface area contributed by atoms with E-state index in [2.05, 4.69) is 42.6 Å². The fourth-order valence-electron chi connectivity index (χ4n) is 2.34. The van der Waals surface area contributed by atoms with Gasteiger partial charge in [-0.25, -0.2) is 0 Å². The van der Waals surface area contributed by atoms with Crippen molar-refractivity contribution in [3.63, 3.8) is 0 Å². The summed E-state index contributed by atoms with van der Waals surface area (Å²) < 4.78 is 0. The molecule has 0 radical (unpaired) electrons. The summed E-state index contributed by atoms with van der Waals surface area (Å²) in [7, 11) is 0. The molecule has 1 aromatic carbocycles. The first-order valence-electron chi connectivity index (χ1n) is 7.70. The molecule has 0 aromatic heterocycles. The quantitative estimate of drug-likeness (QED) is 0.624. The minimum atomic E-state index is -0.183. The summed E-state index contributed by atoms with van der Waals surface area (Å²) in [5, 5.41) is 12.9. The van der Waals surface area contributed by atoms with E-state index in [1.807, 2.05) is 6.92 Å². The van der Waals surface area contributed by atoms with Crippen LogP contribution >= 0.6 is 0 Å². The Labute approximate surface area is 118 Å². The molecule has 19 heavy (non-hydrogen) atoms. The largest absolute Gasteiger partial charge is 0.393 e. The first kappa shape index (κ1) is 16.2. The number of rotatable bonds is 10. The Kier molecular flexibility index (Phi) is 8.52. The van der Waals surface area contributed by atoms with Crippen LogP contribution in [-0.4, -0.2) is 17.8 Å². The molecule has 2 nitrogen and oxygen atoms in total. The first-order valence-corrected chi connectivity index (χ1v) is 7.70. The standard InChI is InChI=1S/C17H29NO/c1-3-4-6-13-17(16-11-7-5-8-12-16)18-14-9-10-15(2)19/h5,7-8,11-12,15,17-19H,3-4,6,9-10,13-14H2,1-2H3. The summed E-state index contributed by atoms with van der Waals surface area (Å²) in [6.07, 6.45) is 6.78. The molecule has 108 valence electrons. The van der Waals surface area contributed by atoms with Crippen molar-refractivity contribution in [2.75, 3.05) is 6.54 Å². The van der Waals surface area contributed by atoms with Crippen LogP contribution in [0.1, 0.15) is 64.0 Å². The van der Waals surface area contributed by atoms with Crippen LogP contribution in [-0.2, 0) is 0 Å². The van der Waals surface area contributed by atoms with E-state index in [0.717, 1.165) is 19.4 Å². The number of nitrogens with one attached hydrogen (secondary N) is 1. The highest BCUT2D eigenvalue weighted by atomic mass is 16.3. The van der Waals surface area contributed by atoms with Gasteiger partial charge in [-0.2, -0.15) is 0 Å². The van der Waals surface area contributed by atoms with Gasteiger partial charge in [0.05, 0.1) is 6.10 Å². The lowest BCUT2D eigenvalue weighted by atomic mass is 10.00. The van der Waals surface area contributed by atoms with Gasteiger partial charge >= 0.3 is 0 Å². The maximum Gasteiger partial charge on any atom is 0.0512 e. The molecular weight excluding hydrogens is 234 g/mol. The monoisotopic (exact) mass is 263 g/mol. The van der Waals surface area contributed by atoms with Gasteiger partial charge in [0.2, 0.25) is 0 Å². The lowest BCUT2D eigenvalue weighted by molar-refractivity contribution is 0.180. The van der Waals surface area contributed by atoms with Gasteiger partial charge in [0.15, 0.2) is 0 Å². The minimum absolute atomic E-state index is 0.183. The molecule has 2 N–H and O–H groups in total. The summed E-state index contributed by atoms with van der Waals surface area (Å²) in [6.45, 7) is 5.08. The van der Waals surface area contributed by atoms with Crippen molar-refractivity contribution >= 4 is 0 Å². The van der Waals surface area contributed by atoms with Crippen LogP contribution in [0, 0.1) is 0 Å². The van der Waals surface area contributed by atoms with Crippen LogP contribution in [0.25, 0.3) is 0 Å². The van der Waals surface area contributed by atoms with E-state index in [1.165, 1.54) is 31.2 Å². The second-order valence-corrected chi connectivity index (χ2v) is 5.40. The third kappa shape index (κ3) is 7.34. The van der Waals surface area contributed by atoms with E-state index in [0.29, 0.717) is 6.04 Å². The maximum absolute atomic E-state index is 9.28. The average Bonchev–Trinajstić information content (AvgIpc) is 2.42. The van der Waals surface area contributed by atoms with Crippen LogP contribution in [0.2, 0.25) is 0 Å². The fourth-order valence-corrected chi connectivity index (χ4v) is 2.34. The number of hydrogen-bond acceptors (Lipinski definition) is 2. The molecule has 0 aliphatic rings. The van der Waals surface area contributed by atoms with Crippen LogP contribution in [0.3, 0.4) is 0 Å². The van der Waals surface area contributed by atoms with Crippen molar-refractivity contribution in [1.82, 2.24) is 5.32 Å². The van der Waals surface area contributed by atoms with Crippen molar-refractivity contribution in [3.8, 4) is 0 Å². The molecule has 2 unspecified atom stereocenters. The van der Waals surface area contributed by atoms with Gasteiger partial charge in [0.25, 0.3) is 0 Å². The molecule has 0 fully saturated rings. The van der Waals surface area contributed by atoms with E-state index in [-0.39, 0.29) is 6.10 Å². The Bertz CT molecular complexity index is 310. The highest BCUT2D eigenvalue weighted by molar-refractivity contribution is 5.18. The third-order valence-corrected chi connectivity index (χ3v) is 3.49. The van der Waals surface area contributed by atoms with E-state index in [9.17, 15) is 5.11 Å². The van der Waals surface area contributed by atoms with Crippen molar-refractivity contribution < 1.29 is 5.11 Å². The van der Waals surface area contributed by atoms with Crippen LogP contribution in [0.4, 0.5) is 0 Å². The zero-order chi connectivity index (χ0) is 13.9. The molecule has 0 saturated heterocycles. The smallest absolute Gasteiger partial charge is 0.0512 e. The predicted molar refractivity (Wildman–Crippen MR) is 82.2 cm³/mol. The molecule has 0 spiro atoms. The second kappa shape index (κ2) is 9.99. The van der Waals surface area contributed by atoms with Gasteiger partial charge in [-0.05, 0) is 38.3 Å². The minimum Gasteiger partial charge on any atom is -0.393 e. The summed E-state index contributed by atoms with van der Waals surface area (Å²) in [4.78, 5) is 0. The van der Waals surface area contributed by atoms with E-state index in [4.69, 9.17) is 0 Å². The molecule has 2 atom stereocenters. The molecular formula is C17H29NO. The summed E-state index contributed by atoms with van der Waals surface area (Å²) in [6, 6.07) is 11.2. The molecule has 0 heterocycles. The van der Waals surface area contributed by atoms with Gasteiger partial charge in [-0.15, -0.1) is 0 Å². The summed E-state index contributed by atoms with van der Waals surface area (Å²) in [5.74, 6) is 0. The fraction of sp³-hybridized carbons (Fsp3) is 0.647. The lowest BCUT2D eigenvalue weighted by Crippen LogP contribution is -2.23. The van der Waals surface area contributed by atoms with Crippen LogP contribution in [0.15, 0.2) is 30.3 Å². The molecule has 0 aliphatic carbocycles. The molecule has 1 rings (SSSR count). The Hall–Kier alpha value is -0.860. The third-order valence-electron chi connectivity index (χ3n) is 3.49. The van der Waals surface area contributed by atoms with E-state index < -0.39 is 0 Å². The topological polar surface area (TPSA) is 32.3 Å². The van der Waals surface area contributed by atoms with Crippen molar-refractivity contribution in [3.05, 3.63) is 35.9 Å². The zero-order valence-corrected chi connectivity index (χ0v) is 12.4. The van der Waals surface area contributed by atoms with Gasteiger partial charge < -0.3 is 10.4 Å². The predicted octanol–water partition coefficient (Wildman–Crippen LogP) is 4.06. The lowest BCUT2D eigenvalue weighted by Gasteiger charge is -2.19. The first-order chi connectivity index (χ1) is 9.24. The molecule has 1 aromatic rings. The highest BCUT2D eigenvalue weighted by Crippen LogP contribution is 2.19. The number of benzene rings is 1. The van der Waals surface area contributed by atoms with E-state index >= 15 is 0 Å². The van der Waals surface area contributed by atoms with Crippen molar-refractivity contribution in [2.24, 2.45) is 0 Å². The maximum atomic E-state index is 9.28. The van der Waals surface area contributed by atoms with Gasteiger partial charge in [-0.3, -0.25) is 0 Å². The second-order valence-electron chi connectivity index (χ2n) is 5.40. The molecule has 0 aliphatic heterocycles. The summed E-state index contributed by atoms with van der Waals surface area (Å²) >= 11 is 0.